The number of hydrogen-bond donors (Lipinski definition) is 0. The summed E-state index contributed by atoms with van der Waals surface area (Å²) in [6.07, 6.45) is 8.78. The highest BCUT2D eigenvalue weighted by atomic mass is 79.9. The molecule has 0 aliphatic carbocycles. The molecule has 1 saturated heterocycles. The molecule has 0 atom stereocenters. The van der Waals surface area contributed by atoms with Crippen LogP contribution in [-0.4, -0.2) is 42.5 Å². The lowest BCUT2D eigenvalue weighted by Gasteiger charge is -2.38. The summed E-state index contributed by atoms with van der Waals surface area (Å²) >= 11 is 3.45. The van der Waals surface area contributed by atoms with E-state index in [1.165, 1.54) is 25.1 Å². The molecule has 6 nitrogen and oxygen atoms in total. The van der Waals surface area contributed by atoms with Gasteiger partial charge in [-0.15, -0.1) is 10.2 Å². The Hall–Kier alpha value is -1.21. The van der Waals surface area contributed by atoms with Gasteiger partial charge in [-0.05, 0) is 28.8 Å². The summed E-state index contributed by atoms with van der Waals surface area (Å²) in [6, 6.07) is 0.489. The number of hydrogen-bond acceptors (Lipinski definition) is 4. The molecular weight excluding hydrogens is 332 g/mol. The molecule has 2 aromatic heterocycles. The molecule has 0 bridgehead atoms. The Bertz CT molecular complexity index is 627. The van der Waals surface area contributed by atoms with Crippen molar-refractivity contribution in [3.05, 3.63) is 28.5 Å². The molecule has 0 radical (unpaired) electrons. The minimum atomic E-state index is 0.489. The third kappa shape index (κ3) is 2.64. The Kier molecular flexibility index (Phi) is 3.54. The van der Waals surface area contributed by atoms with Gasteiger partial charge < -0.3 is 4.57 Å². The number of aryl methyl sites for hydroxylation is 1. The van der Waals surface area contributed by atoms with E-state index in [4.69, 9.17) is 0 Å². The highest BCUT2D eigenvalue weighted by Gasteiger charge is 2.30. The van der Waals surface area contributed by atoms with Crippen molar-refractivity contribution in [2.45, 2.75) is 44.8 Å². The SMILES string of the molecule is Brc1cnn(C2CN(Cc3nnc4n3CCCCC4)C2)c1. The Morgan fingerprint density at radius 1 is 1.19 bits per heavy atom. The van der Waals surface area contributed by atoms with Gasteiger partial charge in [-0.25, -0.2) is 0 Å². The van der Waals surface area contributed by atoms with Gasteiger partial charge >= 0.3 is 0 Å². The van der Waals surface area contributed by atoms with Gasteiger partial charge in [0.1, 0.15) is 11.6 Å². The fourth-order valence-electron chi connectivity index (χ4n) is 3.22. The van der Waals surface area contributed by atoms with Crippen LogP contribution in [0.25, 0.3) is 0 Å². The molecule has 4 heterocycles. The van der Waals surface area contributed by atoms with E-state index in [-0.39, 0.29) is 0 Å². The molecular formula is C14H19BrN6. The van der Waals surface area contributed by atoms with Crippen molar-refractivity contribution in [2.75, 3.05) is 13.1 Å². The van der Waals surface area contributed by atoms with Crippen molar-refractivity contribution in [3.63, 3.8) is 0 Å². The Balaban J connectivity index is 1.39. The van der Waals surface area contributed by atoms with Crippen LogP contribution in [0.2, 0.25) is 0 Å². The molecule has 2 aliphatic heterocycles. The second-order valence-electron chi connectivity index (χ2n) is 5.98. The number of aromatic nitrogens is 5. The largest absolute Gasteiger partial charge is 0.314 e. The Morgan fingerprint density at radius 2 is 2.10 bits per heavy atom. The van der Waals surface area contributed by atoms with Gasteiger partial charge in [0.2, 0.25) is 0 Å². The molecule has 0 aromatic carbocycles. The summed E-state index contributed by atoms with van der Waals surface area (Å²) in [5.41, 5.74) is 0. The van der Waals surface area contributed by atoms with Gasteiger partial charge in [-0.3, -0.25) is 9.58 Å². The zero-order chi connectivity index (χ0) is 14.2. The molecule has 4 rings (SSSR count). The molecule has 0 spiro atoms. The van der Waals surface area contributed by atoms with Crippen LogP contribution < -0.4 is 0 Å². The van der Waals surface area contributed by atoms with Crippen molar-refractivity contribution in [3.8, 4) is 0 Å². The van der Waals surface area contributed by atoms with Gasteiger partial charge in [0.15, 0.2) is 0 Å². The van der Waals surface area contributed by atoms with Crippen LogP contribution in [0.4, 0.5) is 0 Å². The average molecular weight is 351 g/mol. The molecule has 0 amide bonds. The average Bonchev–Trinajstić information content (AvgIpc) is 2.93. The van der Waals surface area contributed by atoms with E-state index in [0.29, 0.717) is 6.04 Å². The van der Waals surface area contributed by atoms with E-state index in [9.17, 15) is 0 Å². The van der Waals surface area contributed by atoms with Gasteiger partial charge in [-0.1, -0.05) is 6.42 Å². The van der Waals surface area contributed by atoms with Crippen molar-refractivity contribution in [1.82, 2.24) is 29.4 Å². The lowest BCUT2D eigenvalue weighted by Crippen LogP contribution is -2.47. The maximum atomic E-state index is 4.40. The summed E-state index contributed by atoms with van der Waals surface area (Å²) in [6.45, 7) is 4.07. The third-order valence-electron chi connectivity index (χ3n) is 4.43. The number of likely N-dealkylation sites (tertiary alicyclic amines) is 1. The van der Waals surface area contributed by atoms with Gasteiger partial charge in [0.25, 0.3) is 0 Å². The molecule has 2 aliphatic rings. The lowest BCUT2D eigenvalue weighted by molar-refractivity contribution is 0.0866. The quantitative estimate of drug-likeness (QED) is 0.849. The predicted molar refractivity (Wildman–Crippen MR) is 81.8 cm³/mol. The minimum Gasteiger partial charge on any atom is -0.314 e. The first-order valence-electron chi connectivity index (χ1n) is 7.62. The van der Waals surface area contributed by atoms with Gasteiger partial charge in [0, 0.05) is 32.3 Å². The number of fused-ring (bicyclic) bond motifs is 1. The molecule has 112 valence electrons. The van der Waals surface area contributed by atoms with E-state index in [1.54, 1.807) is 0 Å². The van der Waals surface area contributed by atoms with Crippen LogP contribution >= 0.6 is 15.9 Å². The molecule has 0 saturated carbocycles. The normalized spacial score (nSPS) is 20.0. The van der Waals surface area contributed by atoms with Crippen LogP contribution in [0.15, 0.2) is 16.9 Å². The molecule has 0 unspecified atom stereocenters. The summed E-state index contributed by atoms with van der Waals surface area (Å²) in [7, 11) is 0. The zero-order valence-electron chi connectivity index (χ0n) is 12.0. The first kappa shape index (κ1) is 13.5. The van der Waals surface area contributed by atoms with Crippen LogP contribution in [0.1, 0.15) is 37.0 Å². The molecule has 21 heavy (non-hydrogen) atoms. The maximum absolute atomic E-state index is 4.40. The first-order valence-corrected chi connectivity index (χ1v) is 8.42. The summed E-state index contributed by atoms with van der Waals surface area (Å²) < 4.78 is 5.43. The van der Waals surface area contributed by atoms with Gasteiger partial charge in [0.05, 0.1) is 23.3 Å². The minimum absolute atomic E-state index is 0.489. The highest BCUT2D eigenvalue weighted by Crippen LogP contribution is 2.24. The fraction of sp³-hybridized carbons (Fsp3) is 0.643. The summed E-state index contributed by atoms with van der Waals surface area (Å²) in [4.78, 5) is 2.42. The standard InChI is InChI=1S/C14H19BrN6/c15-11-6-16-21(7-11)12-8-19(9-12)10-14-18-17-13-4-2-1-3-5-20(13)14/h6-7,12H,1-5,8-10H2. The number of rotatable bonds is 3. The van der Waals surface area contributed by atoms with Crippen LogP contribution in [0, 0.1) is 0 Å². The summed E-state index contributed by atoms with van der Waals surface area (Å²) in [5.74, 6) is 2.31. The molecule has 0 N–H and O–H groups in total. The monoisotopic (exact) mass is 350 g/mol. The highest BCUT2D eigenvalue weighted by molar-refractivity contribution is 9.10. The summed E-state index contributed by atoms with van der Waals surface area (Å²) in [5, 5.41) is 13.1. The third-order valence-corrected chi connectivity index (χ3v) is 4.84. The Labute approximate surface area is 132 Å². The fourth-order valence-corrected chi connectivity index (χ4v) is 3.52. The van der Waals surface area contributed by atoms with Crippen LogP contribution in [-0.2, 0) is 19.5 Å². The lowest BCUT2D eigenvalue weighted by atomic mass is 10.1. The zero-order valence-corrected chi connectivity index (χ0v) is 13.5. The van der Waals surface area contributed by atoms with Gasteiger partial charge in [-0.2, -0.15) is 5.10 Å². The molecule has 7 heteroatoms. The maximum Gasteiger partial charge on any atom is 0.147 e. The van der Waals surface area contributed by atoms with Crippen LogP contribution in [0.5, 0.6) is 0 Å². The second kappa shape index (κ2) is 5.53. The van der Waals surface area contributed by atoms with Crippen molar-refractivity contribution < 1.29 is 0 Å². The Morgan fingerprint density at radius 3 is 2.90 bits per heavy atom. The van der Waals surface area contributed by atoms with Crippen molar-refractivity contribution in [2.24, 2.45) is 0 Å². The second-order valence-corrected chi connectivity index (χ2v) is 6.90. The number of nitrogens with zero attached hydrogens (tertiary/aromatic N) is 6. The van der Waals surface area contributed by atoms with Crippen molar-refractivity contribution in [1.29, 1.82) is 0 Å². The first-order chi connectivity index (χ1) is 10.3. The molecule has 2 aromatic rings. The predicted octanol–water partition coefficient (Wildman–Crippen LogP) is 2.02. The molecule has 1 fully saturated rings. The van der Waals surface area contributed by atoms with E-state index >= 15 is 0 Å². The van der Waals surface area contributed by atoms with Crippen molar-refractivity contribution >= 4 is 15.9 Å². The smallest absolute Gasteiger partial charge is 0.147 e. The van der Waals surface area contributed by atoms with E-state index in [1.807, 2.05) is 17.1 Å². The number of halogens is 1. The van der Waals surface area contributed by atoms with E-state index < -0.39 is 0 Å². The topological polar surface area (TPSA) is 51.8 Å². The van der Waals surface area contributed by atoms with E-state index in [0.717, 1.165) is 42.9 Å². The van der Waals surface area contributed by atoms with E-state index in [2.05, 4.69) is 40.7 Å². The van der Waals surface area contributed by atoms with Crippen LogP contribution in [0.3, 0.4) is 0 Å².